The number of hydrogen-bond donors (Lipinski definition) is 2. The summed E-state index contributed by atoms with van der Waals surface area (Å²) in [6, 6.07) is 0. The Bertz CT molecular complexity index is 494. The molecule has 0 aromatic carbocycles. The van der Waals surface area contributed by atoms with Gasteiger partial charge in [0, 0.05) is 0 Å². The third-order valence-electron chi connectivity index (χ3n) is 3.43. The van der Waals surface area contributed by atoms with Crippen molar-refractivity contribution < 1.29 is 46.7 Å². The molecular formula is C16H40N2O8P2. The lowest BCUT2D eigenvalue weighted by molar-refractivity contribution is -0.873. The molecule has 10 nitrogen and oxygen atoms in total. The van der Waals surface area contributed by atoms with Gasteiger partial charge in [-0.15, -0.1) is 0 Å². The fourth-order valence-corrected chi connectivity index (χ4v) is 3.07. The number of unbranched alkanes of at least 4 members (excludes halogenated alkanes) is 3. The van der Waals surface area contributed by atoms with Crippen LogP contribution in [0.1, 0.15) is 39.0 Å². The number of phosphoric ester groups is 2. The van der Waals surface area contributed by atoms with Gasteiger partial charge in [0.15, 0.2) is 0 Å². The SMILES string of the molecule is CCCCCCC(C[N+](C)(C)C)OP(=O)([O-])O.C[N+](C)(C)CCOP(=O)([O-])O. The van der Waals surface area contributed by atoms with Crippen molar-refractivity contribution in [2.75, 3.05) is 62.0 Å². The van der Waals surface area contributed by atoms with Gasteiger partial charge in [-0.05, 0) is 6.42 Å². The van der Waals surface area contributed by atoms with Crippen LogP contribution < -0.4 is 9.79 Å². The highest BCUT2D eigenvalue weighted by molar-refractivity contribution is 7.45. The minimum atomic E-state index is -4.62. The van der Waals surface area contributed by atoms with Gasteiger partial charge in [-0.1, -0.05) is 32.6 Å². The van der Waals surface area contributed by atoms with E-state index in [2.05, 4.69) is 11.4 Å². The highest BCUT2D eigenvalue weighted by atomic mass is 31.2. The Morgan fingerprint density at radius 1 is 0.893 bits per heavy atom. The molecule has 0 aliphatic heterocycles. The molecule has 3 unspecified atom stereocenters. The van der Waals surface area contributed by atoms with Gasteiger partial charge < -0.3 is 37.6 Å². The van der Waals surface area contributed by atoms with Crippen molar-refractivity contribution >= 4 is 15.6 Å². The standard InChI is InChI=1S/C11H26NO4P.C5H14NO4P/c1-5-6-7-8-9-11(10-12(2,3)4)16-17(13,14)15;1-6(2,3)4-5-10-11(7,8)9/h11H,5-10H2,1-4H3,(H-,13,14,15);4-5H2,1-3H3,(H-,7,8,9). The largest absolute Gasteiger partial charge is 0.756 e. The number of phosphoric acid groups is 2. The molecule has 0 spiro atoms. The summed E-state index contributed by atoms with van der Waals surface area (Å²) in [5.74, 6) is 0. The second-order valence-electron chi connectivity index (χ2n) is 8.83. The number of quaternary nitrogens is 2. The fourth-order valence-electron chi connectivity index (χ4n) is 2.21. The van der Waals surface area contributed by atoms with Gasteiger partial charge in [0.25, 0.3) is 15.6 Å². The van der Waals surface area contributed by atoms with Gasteiger partial charge >= 0.3 is 0 Å². The molecule has 0 aliphatic rings. The maximum absolute atomic E-state index is 10.8. The molecule has 0 saturated heterocycles. The first-order valence-corrected chi connectivity index (χ1v) is 12.4. The van der Waals surface area contributed by atoms with Crippen LogP contribution in [0.5, 0.6) is 0 Å². The summed E-state index contributed by atoms with van der Waals surface area (Å²) >= 11 is 0. The Kier molecular flexibility index (Phi) is 14.6. The highest BCUT2D eigenvalue weighted by Gasteiger charge is 2.22. The second kappa shape index (κ2) is 13.4. The summed E-state index contributed by atoms with van der Waals surface area (Å²) < 4.78 is 30.9. The Morgan fingerprint density at radius 2 is 1.43 bits per heavy atom. The van der Waals surface area contributed by atoms with Crippen LogP contribution >= 0.6 is 15.6 Å². The Hall–Kier alpha value is 0.140. The summed E-state index contributed by atoms with van der Waals surface area (Å²) in [6.07, 6.45) is 4.52. The highest BCUT2D eigenvalue weighted by Crippen LogP contribution is 2.34. The van der Waals surface area contributed by atoms with Gasteiger partial charge in [0.2, 0.25) is 0 Å². The summed E-state index contributed by atoms with van der Waals surface area (Å²) in [4.78, 5) is 37.8. The number of likely N-dealkylation sites (N-methyl/N-ethyl adjacent to an activating group) is 2. The van der Waals surface area contributed by atoms with Gasteiger partial charge in [-0.3, -0.25) is 9.13 Å². The molecule has 0 aromatic rings. The predicted molar refractivity (Wildman–Crippen MR) is 105 cm³/mol. The van der Waals surface area contributed by atoms with E-state index in [-0.39, 0.29) is 6.61 Å². The molecule has 3 atom stereocenters. The van der Waals surface area contributed by atoms with E-state index in [9.17, 15) is 18.9 Å². The maximum Gasteiger partial charge on any atom is 0.265 e. The lowest BCUT2D eigenvalue weighted by atomic mass is 10.1. The van der Waals surface area contributed by atoms with E-state index in [1.165, 1.54) is 0 Å². The van der Waals surface area contributed by atoms with Crippen LogP contribution in [0.25, 0.3) is 0 Å². The van der Waals surface area contributed by atoms with Gasteiger partial charge in [-0.2, -0.15) is 0 Å². The van der Waals surface area contributed by atoms with E-state index in [4.69, 9.17) is 14.3 Å². The van der Waals surface area contributed by atoms with Crippen molar-refractivity contribution in [3.8, 4) is 0 Å². The number of hydrogen-bond acceptors (Lipinski definition) is 6. The molecule has 28 heavy (non-hydrogen) atoms. The first-order valence-electron chi connectivity index (χ1n) is 9.36. The molecule has 0 aromatic heterocycles. The van der Waals surface area contributed by atoms with E-state index >= 15 is 0 Å². The van der Waals surface area contributed by atoms with Crippen molar-refractivity contribution in [2.24, 2.45) is 0 Å². The monoisotopic (exact) mass is 450 g/mol. The van der Waals surface area contributed by atoms with Crippen LogP contribution in [-0.2, 0) is 18.2 Å². The molecule has 2 N–H and O–H groups in total. The van der Waals surface area contributed by atoms with Gasteiger partial charge in [0.05, 0.1) is 42.3 Å². The van der Waals surface area contributed by atoms with E-state index in [0.29, 0.717) is 28.5 Å². The van der Waals surface area contributed by atoms with Crippen LogP contribution in [0.2, 0.25) is 0 Å². The van der Waals surface area contributed by atoms with Crippen molar-refractivity contribution in [2.45, 2.75) is 45.1 Å². The lowest BCUT2D eigenvalue weighted by Gasteiger charge is -2.31. The first-order chi connectivity index (χ1) is 12.3. The molecule has 12 heteroatoms. The van der Waals surface area contributed by atoms with Crippen LogP contribution in [0.3, 0.4) is 0 Å². The number of rotatable bonds is 13. The Morgan fingerprint density at radius 3 is 1.79 bits per heavy atom. The lowest BCUT2D eigenvalue weighted by Crippen LogP contribution is -2.42. The molecular weight excluding hydrogens is 410 g/mol. The van der Waals surface area contributed by atoms with Crippen LogP contribution in [0.4, 0.5) is 0 Å². The van der Waals surface area contributed by atoms with Crippen molar-refractivity contribution in [1.82, 2.24) is 0 Å². The van der Waals surface area contributed by atoms with E-state index in [0.717, 1.165) is 25.7 Å². The average molecular weight is 450 g/mol. The Labute approximate surface area is 170 Å². The summed E-state index contributed by atoms with van der Waals surface area (Å²) in [7, 11) is 2.47. The molecule has 0 radical (unpaired) electrons. The molecule has 0 bridgehead atoms. The quantitative estimate of drug-likeness (QED) is 0.237. The van der Waals surface area contributed by atoms with Crippen LogP contribution in [0, 0.1) is 0 Å². The summed E-state index contributed by atoms with van der Waals surface area (Å²) in [5, 5.41) is 0. The third kappa shape index (κ3) is 28.4. The maximum atomic E-state index is 10.8. The zero-order valence-corrected chi connectivity index (χ0v) is 20.2. The Balaban J connectivity index is 0. The fraction of sp³-hybridized carbons (Fsp3) is 1.00. The molecule has 0 rings (SSSR count). The van der Waals surface area contributed by atoms with E-state index in [1.54, 1.807) is 0 Å². The summed E-state index contributed by atoms with van der Waals surface area (Å²) in [5.41, 5.74) is 0. The second-order valence-corrected chi connectivity index (χ2v) is 11.2. The molecule has 0 amide bonds. The van der Waals surface area contributed by atoms with Crippen LogP contribution in [0.15, 0.2) is 0 Å². The molecule has 0 aliphatic carbocycles. The van der Waals surface area contributed by atoms with Gasteiger partial charge in [0.1, 0.15) is 25.8 Å². The molecule has 0 heterocycles. The van der Waals surface area contributed by atoms with Gasteiger partial charge in [-0.25, -0.2) is 0 Å². The molecule has 172 valence electrons. The minimum Gasteiger partial charge on any atom is -0.756 e. The molecule has 0 fully saturated rings. The van der Waals surface area contributed by atoms with Crippen molar-refractivity contribution in [1.29, 1.82) is 0 Å². The average Bonchev–Trinajstić information content (AvgIpc) is 2.37. The van der Waals surface area contributed by atoms with E-state index < -0.39 is 21.7 Å². The first kappa shape index (κ1) is 30.3. The number of nitrogens with zero attached hydrogens (tertiary/aromatic N) is 2. The van der Waals surface area contributed by atoms with Crippen molar-refractivity contribution in [3.63, 3.8) is 0 Å². The minimum absolute atomic E-state index is 0.0147. The third-order valence-corrected chi connectivity index (χ3v) is 4.50. The van der Waals surface area contributed by atoms with E-state index in [1.807, 2.05) is 42.3 Å². The zero-order chi connectivity index (χ0) is 22.6. The normalized spacial score (nSPS) is 17.8. The predicted octanol–water partition coefficient (Wildman–Crippen LogP) is 0.679. The molecule has 0 saturated carbocycles. The van der Waals surface area contributed by atoms with Crippen molar-refractivity contribution in [3.05, 3.63) is 0 Å². The topological polar surface area (TPSA) is 139 Å². The summed E-state index contributed by atoms with van der Waals surface area (Å²) in [6.45, 7) is 3.24. The van der Waals surface area contributed by atoms with Crippen LogP contribution in [-0.4, -0.2) is 86.8 Å². The zero-order valence-electron chi connectivity index (χ0n) is 18.4. The smallest absolute Gasteiger partial charge is 0.265 e.